The van der Waals surface area contributed by atoms with Gasteiger partial charge in [0.2, 0.25) is 0 Å². The maximum absolute atomic E-state index is 13.2. The number of nitro groups is 1. The van der Waals surface area contributed by atoms with Gasteiger partial charge in [-0.1, -0.05) is 32.9 Å². The van der Waals surface area contributed by atoms with Crippen molar-refractivity contribution in [1.29, 1.82) is 0 Å². The Bertz CT molecular complexity index is 1120. The first kappa shape index (κ1) is 20.7. The lowest BCUT2D eigenvalue weighted by Crippen LogP contribution is -2.31. The van der Waals surface area contributed by atoms with Gasteiger partial charge in [0, 0.05) is 23.1 Å². The van der Waals surface area contributed by atoms with Crippen molar-refractivity contribution < 1.29 is 14.5 Å². The first-order valence-corrected chi connectivity index (χ1v) is 10.1. The number of carbonyl (C=O) groups is 1. The summed E-state index contributed by atoms with van der Waals surface area (Å²) in [4.78, 5) is 41.2. The smallest absolute Gasteiger partial charge is 0.329 e. The van der Waals surface area contributed by atoms with Gasteiger partial charge < -0.3 is 4.74 Å². The van der Waals surface area contributed by atoms with E-state index in [4.69, 9.17) is 4.74 Å². The Morgan fingerprint density at radius 3 is 2.79 bits per heavy atom. The monoisotopic (exact) mass is 415 g/mol. The standard InChI is InChI=1S/C20H21N3O5S/c1-4-16(20(25)28-9-12(2)3)22-11-21-18-17(19(22)24)15(10-29-18)13-6-5-7-14(8-13)23(26)27/h5-8,10-12,16H,4,9H2,1-3H3. The molecule has 0 amide bonds. The molecule has 152 valence electrons. The van der Waals surface area contributed by atoms with Crippen LogP contribution in [0.5, 0.6) is 0 Å². The minimum atomic E-state index is -0.781. The quantitative estimate of drug-likeness (QED) is 0.326. The van der Waals surface area contributed by atoms with E-state index in [1.165, 1.54) is 34.4 Å². The zero-order chi connectivity index (χ0) is 21.1. The summed E-state index contributed by atoms with van der Waals surface area (Å²) in [6, 6.07) is 5.32. The molecule has 1 atom stereocenters. The molecular weight excluding hydrogens is 394 g/mol. The number of aromatic nitrogens is 2. The van der Waals surface area contributed by atoms with Gasteiger partial charge in [0.15, 0.2) is 0 Å². The number of carbonyl (C=O) groups excluding carboxylic acids is 1. The van der Waals surface area contributed by atoms with Crippen LogP contribution in [0.4, 0.5) is 5.69 Å². The minimum absolute atomic E-state index is 0.0604. The number of fused-ring (bicyclic) bond motifs is 1. The third-order valence-electron chi connectivity index (χ3n) is 4.44. The molecule has 9 heteroatoms. The average molecular weight is 415 g/mol. The van der Waals surface area contributed by atoms with Crippen molar-refractivity contribution in [2.24, 2.45) is 5.92 Å². The van der Waals surface area contributed by atoms with Crippen molar-refractivity contribution in [2.75, 3.05) is 6.61 Å². The van der Waals surface area contributed by atoms with Gasteiger partial charge >= 0.3 is 5.97 Å². The number of ether oxygens (including phenoxy) is 1. The van der Waals surface area contributed by atoms with Crippen LogP contribution in [-0.4, -0.2) is 27.1 Å². The Morgan fingerprint density at radius 1 is 1.38 bits per heavy atom. The van der Waals surface area contributed by atoms with E-state index in [2.05, 4.69) is 4.98 Å². The van der Waals surface area contributed by atoms with Crippen LogP contribution in [-0.2, 0) is 9.53 Å². The number of non-ortho nitro benzene ring substituents is 1. The molecule has 0 aliphatic carbocycles. The summed E-state index contributed by atoms with van der Waals surface area (Å²) in [5.74, 6) is -0.289. The van der Waals surface area contributed by atoms with E-state index in [1.54, 1.807) is 24.4 Å². The number of hydrogen-bond acceptors (Lipinski definition) is 7. The number of rotatable bonds is 7. The lowest BCUT2D eigenvalue weighted by Gasteiger charge is -2.17. The summed E-state index contributed by atoms with van der Waals surface area (Å²) < 4.78 is 6.61. The van der Waals surface area contributed by atoms with Gasteiger partial charge in [-0.3, -0.25) is 19.5 Å². The van der Waals surface area contributed by atoms with E-state index in [0.717, 1.165) is 0 Å². The van der Waals surface area contributed by atoms with Gasteiger partial charge in [-0.2, -0.15) is 0 Å². The van der Waals surface area contributed by atoms with Gasteiger partial charge in [0.1, 0.15) is 10.9 Å². The average Bonchev–Trinajstić information content (AvgIpc) is 3.13. The predicted molar refractivity (Wildman–Crippen MR) is 111 cm³/mol. The van der Waals surface area contributed by atoms with Crippen LogP contribution < -0.4 is 5.56 Å². The Kier molecular flexibility index (Phi) is 6.07. The van der Waals surface area contributed by atoms with Gasteiger partial charge in [-0.05, 0) is 17.9 Å². The zero-order valence-electron chi connectivity index (χ0n) is 16.3. The second kappa shape index (κ2) is 8.52. The van der Waals surface area contributed by atoms with E-state index in [9.17, 15) is 19.7 Å². The lowest BCUT2D eigenvalue weighted by molar-refractivity contribution is -0.384. The molecule has 1 unspecified atom stereocenters. The van der Waals surface area contributed by atoms with Gasteiger partial charge in [-0.15, -0.1) is 11.3 Å². The highest BCUT2D eigenvalue weighted by Gasteiger charge is 2.24. The molecule has 29 heavy (non-hydrogen) atoms. The third kappa shape index (κ3) is 4.19. The second-order valence-corrected chi connectivity index (χ2v) is 7.90. The molecule has 0 N–H and O–H groups in total. The molecule has 0 fully saturated rings. The molecule has 2 aromatic heterocycles. The van der Waals surface area contributed by atoms with Crippen molar-refractivity contribution in [3.63, 3.8) is 0 Å². The molecule has 0 aliphatic heterocycles. The molecule has 0 saturated carbocycles. The molecular formula is C20H21N3O5S. The van der Waals surface area contributed by atoms with E-state index >= 15 is 0 Å². The number of esters is 1. The molecule has 0 bridgehead atoms. The van der Waals surface area contributed by atoms with E-state index in [-0.39, 0.29) is 23.8 Å². The first-order valence-electron chi connectivity index (χ1n) is 9.23. The van der Waals surface area contributed by atoms with Crippen LogP contribution in [0.1, 0.15) is 33.2 Å². The highest BCUT2D eigenvalue weighted by molar-refractivity contribution is 7.17. The fourth-order valence-corrected chi connectivity index (χ4v) is 3.90. The summed E-state index contributed by atoms with van der Waals surface area (Å²) in [5.41, 5.74) is 0.685. The molecule has 0 aliphatic rings. The summed E-state index contributed by atoms with van der Waals surface area (Å²) in [5, 5.41) is 13.2. The molecule has 1 aromatic carbocycles. The Morgan fingerprint density at radius 2 is 2.14 bits per heavy atom. The number of benzene rings is 1. The molecule has 0 spiro atoms. The summed E-state index contributed by atoms with van der Waals surface area (Å²) >= 11 is 1.28. The van der Waals surface area contributed by atoms with E-state index < -0.39 is 16.9 Å². The van der Waals surface area contributed by atoms with Crippen molar-refractivity contribution in [3.8, 4) is 11.1 Å². The Labute approximate surface area is 170 Å². The van der Waals surface area contributed by atoms with Crippen LogP contribution in [0.15, 0.2) is 40.8 Å². The SMILES string of the molecule is CCC(C(=O)OCC(C)C)n1cnc2scc(-c3cccc([N+](=O)[O-])c3)c2c1=O. The van der Waals surface area contributed by atoms with Crippen LogP contribution in [0.2, 0.25) is 0 Å². The van der Waals surface area contributed by atoms with Crippen LogP contribution in [0, 0.1) is 16.0 Å². The second-order valence-electron chi connectivity index (χ2n) is 7.04. The van der Waals surface area contributed by atoms with E-state index in [0.29, 0.717) is 27.8 Å². The highest BCUT2D eigenvalue weighted by Crippen LogP contribution is 2.32. The van der Waals surface area contributed by atoms with Gasteiger partial charge in [0.25, 0.3) is 11.2 Å². The lowest BCUT2D eigenvalue weighted by atomic mass is 10.1. The van der Waals surface area contributed by atoms with Crippen LogP contribution >= 0.6 is 11.3 Å². The number of nitro benzene ring substituents is 1. The van der Waals surface area contributed by atoms with Gasteiger partial charge in [0.05, 0.1) is 23.2 Å². The first-order chi connectivity index (χ1) is 13.8. The molecule has 8 nitrogen and oxygen atoms in total. The highest BCUT2D eigenvalue weighted by atomic mass is 32.1. The Balaban J connectivity index is 2.09. The van der Waals surface area contributed by atoms with Crippen molar-refractivity contribution in [3.05, 3.63) is 56.4 Å². The minimum Gasteiger partial charge on any atom is -0.464 e. The van der Waals surface area contributed by atoms with Crippen LogP contribution in [0.25, 0.3) is 21.3 Å². The summed E-state index contributed by atoms with van der Waals surface area (Å²) in [6.45, 7) is 5.94. The molecule has 0 saturated heterocycles. The number of thiophene rings is 1. The maximum atomic E-state index is 13.2. The molecule has 2 heterocycles. The molecule has 3 aromatic rings. The summed E-state index contributed by atoms with van der Waals surface area (Å²) in [7, 11) is 0. The molecule has 3 rings (SSSR count). The van der Waals surface area contributed by atoms with Crippen molar-refractivity contribution in [1.82, 2.24) is 9.55 Å². The number of hydrogen-bond donors (Lipinski definition) is 0. The zero-order valence-corrected chi connectivity index (χ0v) is 17.1. The van der Waals surface area contributed by atoms with Gasteiger partial charge in [-0.25, -0.2) is 9.78 Å². The van der Waals surface area contributed by atoms with Crippen molar-refractivity contribution in [2.45, 2.75) is 33.2 Å². The third-order valence-corrected chi connectivity index (χ3v) is 5.33. The predicted octanol–water partition coefficient (Wildman–Crippen LogP) is 4.18. The van der Waals surface area contributed by atoms with Crippen molar-refractivity contribution >= 4 is 33.2 Å². The Hall–Kier alpha value is -3.07. The maximum Gasteiger partial charge on any atom is 0.329 e. The fourth-order valence-electron chi connectivity index (χ4n) is 2.99. The largest absolute Gasteiger partial charge is 0.464 e. The summed E-state index contributed by atoms with van der Waals surface area (Å²) in [6.07, 6.45) is 1.74. The van der Waals surface area contributed by atoms with E-state index in [1.807, 2.05) is 13.8 Å². The topological polar surface area (TPSA) is 104 Å². The number of nitrogens with zero attached hydrogens (tertiary/aromatic N) is 3. The molecule has 0 radical (unpaired) electrons. The van der Waals surface area contributed by atoms with Crippen LogP contribution in [0.3, 0.4) is 0 Å². The normalized spacial score (nSPS) is 12.3. The fraction of sp³-hybridized carbons (Fsp3) is 0.350.